The van der Waals surface area contributed by atoms with E-state index in [1.165, 1.54) is 6.07 Å². The standard InChI is InChI=1S/C17H22FN5O/c1-11-6-16(22-21-11)13-4-3-5-23(10-13)17(24)20-12(2)14-7-15(18)9-19-8-14/h6-9,12-13H,3-5,10H2,1-2H3,(H,20,24)(H,21,22). The first kappa shape index (κ1) is 16.4. The number of pyridine rings is 1. The Morgan fingerprint density at radius 1 is 1.46 bits per heavy atom. The van der Waals surface area contributed by atoms with Crippen molar-refractivity contribution in [3.63, 3.8) is 0 Å². The zero-order valence-electron chi connectivity index (χ0n) is 13.9. The second-order valence-electron chi connectivity index (χ2n) is 6.37. The fraction of sp³-hybridized carbons (Fsp3) is 0.471. The molecule has 1 saturated heterocycles. The molecule has 24 heavy (non-hydrogen) atoms. The normalized spacial score (nSPS) is 19.1. The lowest BCUT2D eigenvalue weighted by Gasteiger charge is -2.33. The number of urea groups is 1. The molecule has 0 bridgehead atoms. The van der Waals surface area contributed by atoms with Gasteiger partial charge in [-0.2, -0.15) is 5.10 Å². The van der Waals surface area contributed by atoms with Crippen LogP contribution in [0.15, 0.2) is 24.5 Å². The maximum Gasteiger partial charge on any atom is 0.317 e. The predicted octanol–water partition coefficient (Wildman–Crippen LogP) is 2.90. The van der Waals surface area contributed by atoms with Gasteiger partial charge in [-0.1, -0.05) is 0 Å². The molecule has 2 amide bonds. The largest absolute Gasteiger partial charge is 0.331 e. The molecule has 2 unspecified atom stereocenters. The number of carbonyl (C=O) groups excluding carboxylic acids is 1. The molecule has 0 saturated carbocycles. The molecule has 3 rings (SSSR count). The predicted molar refractivity (Wildman–Crippen MR) is 88.0 cm³/mol. The molecule has 6 nitrogen and oxygen atoms in total. The third-order valence-electron chi connectivity index (χ3n) is 4.42. The number of amides is 2. The van der Waals surface area contributed by atoms with Gasteiger partial charge in [-0.05, 0) is 44.4 Å². The Hall–Kier alpha value is -2.44. The lowest BCUT2D eigenvalue weighted by atomic mass is 9.95. The Kier molecular flexibility index (Phi) is 4.78. The van der Waals surface area contributed by atoms with Crippen LogP contribution < -0.4 is 5.32 Å². The van der Waals surface area contributed by atoms with Gasteiger partial charge in [0.2, 0.25) is 0 Å². The van der Waals surface area contributed by atoms with Crippen molar-refractivity contribution in [1.29, 1.82) is 0 Å². The molecule has 1 aliphatic rings. The Bertz CT molecular complexity index is 717. The molecule has 3 heterocycles. The number of carbonyl (C=O) groups is 1. The van der Waals surface area contributed by atoms with Crippen LogP contribution in [0.4, 0.5) is 9.18 Å². The molecule has 2 aromatic rings. The number of aromatic amines is 1. The second kappa shape index (κ2) is 6.98. The molecule has 0 aromatic carbocycles. The van der Waals surface area contributed by atoms with Gasteiger partial charge in [0.15, 0.2) is 0 Å². The van der Waals surface area contributed by atoms with Crippen molar-refractivity contribution >= 4 is 6.03 Å². The van der Waals surface area contributed by atoms with Gasteiger partial charge >= 0.3 is 6.03 Å². The number of rotatable bonds is 3. The van der Waals surface area contributed by atoms with Crippen LogP contribution in [-0.4, -0.2) is 39.2 Å². The number of piperidine rings is 1. The molecule has 0 aliphatic carbocycles. The van der Waals surface area contributed by atoms with Crippen LogP contribution in [0.25, 0.3) is 0 Å². The maximum atomic E-state index is 13.3. The highest BCUT2D eigenvalue weighted by molar-refractivity contribution is 5.74. The summed E-state index contributed by atoms with van der Waals surface area (Å²) in [5.74, 6) is -0.152. The minimum atomic E-state index is -0.402. The monoisotopic (exact) mass is 331 g/mol. The smallest absolute Gasteiger partial charge is 0.317 e. The van der Waals surface area contributed by atoms with Crippen LogP contribution in [0, 0.1) is 12.7 Å². The molecular formula is C17H22FN5O. The summed E-state index contributed by atoms with van der Waals surface area (Å²) in [4.78, 5) is 18.2. The first-order valence-electron chi connectivity index (χ1n) is 8.20. The van der Waals surface area contributed by atoms with Gasteiger partial charge in [0, 0.05) is 30.9 Å². The number of nitrogens with one attached hydrogen (secondary N) is 2. The van der Waals surface area contributed by atoms with Crippen LogP contribution in [0.3, 0.4) is 0 Å². The average Bonchev–Trinajstić information content (AvgIpc) is 3.01. The lowest BCUT2D eigenvalue weighted by molar-refractivity contribution is 0.176. The van der Waals surface area contributed by atoms with E-state index in [2.05, 4.69) is 20.5 Å². The van der Waals surface area contributed by atoms with Crippen LogP contribution in [0.5, 0.6) is 0 Å². The number of hydrogen-bond acceptors (Lipinski definition) is 3. The van der Waals surface area contributed by atoms with Gasteiger partial charge in [0.25, 0.3) is 0 Å². The molecule has 2 N–H and O–H groups in total. The Balaban J connectivity index is 1.62. The third kappa shape index (κ3) is 3.72. The molecule has 128 valence electrons. The van der Waals surface area contributed by atoms with Crippen molar-refractivity contribution in [2.75, 3.05) is 13.1 Å². The molecule has 7 heteroatoms. The summed E-state index contributed by atoms with van der Waals surface area (Å²) in [6.45, 7) is 5.16. The molecule has 2 aromatic heterocycles. The molecule has 1 fully saturated rings. The molecule has 0 spiro atoms. The minimum Gasteiger partial charge on any atom is -0.331 e. The van der Waals surface area contributed by atoms with Gasteiger partial charge in [-0.3, -0.25) is 10.1 Å². The van der Waals surface area contributed by atoms with Crippen molar-refractivity contribution < 1.29 is 9.18 Å². The van der Waals surface area contributed by atoms with E-state index in [4.69, 9.17) is 0 Å². The van der Waals surface area contributed by atoms with E-state index in [1.807, 2.05) is 19.9 Å². The van der Waals surface area contributed by atoms with Crippen molar-refractivity contribution in [3.8, 4) is 0 Å². The summed E-state index contributed by atoms with van der Waals surface area (Å²) >= 11 is 0. The summed E-state index contributed by atoms with van der Waals surface area (Å²) in [5, 5.41) is 10.2. The Morgan fingerprint density at radius 3 is 3.00 bits per heavy atom. The number of halogens is 1. The van der Waals surface area contributed by atoms with Crippen LogP contribution in [-0.2, 0) is 0 Å². The summed E-state index contributed by atoms with van der Waals surface area (Å²) in [7, 11) is 0. The van der Waals surface area contributed by atoms with Crippen LogP contribution in [0.1, 0.15) is 48.7 Å². The maximum absolute atomic E-state index is 13.3. The van der Waals surface area contributed by atoms with E-state index in [-0.39, 0.29) is 18.0 Å². The van der Waals surface area contributed by atoms with Crippen molar-refractivity contribution in [2.45, 2.75) is 38.6 Å². The summed E-state index contributed by atoms with van der Waals surface area (Å²) in [6, 6.07) is 2.99. The average molecular weight is 331 g/mol. The van der Waals surface area contributed by atoms with Gasteiger partial charge in [-0.25, -0.2) is 9.18 Å². The van der Waals surface area contributed by atoms with Gasteiger partial charge in [-0.15, -0.1) is 0 Å². The topological polar surface area (TPSA) is 73.9 Å². The highest BCUT2D eigenvalue weighted by Gasteiger charge is 2.27. The number of aryl methyl sites for hydroxylation is 1. The quantitative estimate of drug-likeness (QED) is 0.908. The number of nitrogens with zero attached hydrogens (tertiary/aromatic N) is 3. The number of aromatic nitrogens is 3. The first-order valence-corrected chi connectivity index (χ1v) is 8.20. The van der Waals surface area contributed by atoms with Crippen molar-refractivity contribution in [1.82, 2.24) is 25.4 Å². The summed E-state index contributed by atoms with van der Waals surface area (Å²) in [6.07, 6.45) is 4.69. The van der Waals surface area contributed by atoms with Gasteiger partial charge < -0.3 is 10.2 Å². The highest BCUT2D eigenvalue weighted by atomic mass is 19.1. The van der Waals surface area contributed by atoms with E-state index in [9.17, 15) is 9.18 Å². The van der Waals surface area contributed by atoms with Crippen molar-refractivity contribution in [3.05, 3.63) is 47.3 Å². The van der Waals surface area contributed by atoms with E-state index < -0.39 is 5.82 Å². The molecular weight excluding hydrogens is 309 g/mol. The Labute approximate surface area is 140 Å². The Morgan fingerprint density at radius 2 is 2.29 bits per heavy atom. The van der Waals surface area contributed by atoms with Crippen LogP contribution in [0.2, 0.25) is 0 Å². The number of likely N-dealkylation sites (tertiary alicyclic amines) is 1. The minimum absolute atomic E-state index is 0.135. The fourth-order valence-electron chi connectivity index (χ4n) is 3.08. The van der Waals surface area contributed by atoms with Gasteiger partial charge in [0.1, 0.15) is 5.82 Å². The van der Waals surface area contributed by atoms with Crippen molar-refractivity contribution in [2.24, 2.45) is 0 Å². The van der Waals surface area contributed by atoms with E-state index in [1.54, 1.807) is 11.1 Å². The lowest BCUT2D eigenvalue weighted by Crippen LogP contribution is -2.45. The van der Waals surface area contributed by atoms with E-state index >= 15 is 0 Å². The summed E-state index contributed by atoms with van der Waals surface area (Å²) < 4.78 is 13.3. The molecule has 0 radical (unpaired) electrons. The second-order valence-corrected chi connectivity index (χ2v) is 6.37. The first-order chi connectivity index (χ1) is 11.5. The number of H-pyrrole nitrogens is 1. The third-order valence-corrected chi connectivity index (χ3v) is 4.42. The zero-order valence-corrected chi connectivity index (χ0v) is 13.9. The van der Waals surface area contributed by atoms with E-state index in [0.717, 1.165) is 37.0 Å². The van der Waals surface area contributed by atoms with E-state index in [0.29, 0.717) is 12.1 Å². The molecule has 1 aliphatic heterocycles. The molecule has 2 atom stereocenters. The fourth-order valence-corrected chi connectivity index (χ4v) is 3.08. The van der Waals surface area contributed by atoms with Gasteiger partial charge in [0.05, 0.1) is 17.9 Å². The van der Waals surface area contributed by atoms with Crippen LogP contribution >= 0.6 is 0 Å². The summed E-state index contributed by atoms with van der Waals surface area (Å²) in [5.41, 5.74) is 2.69. The SMILES string of the molecule is Cc1cc(C2CCCN(C(=O)NC(C)c3cncc(F)c3)C2)n[nH]1. The highest BCUT2D eigenvalue weighted by Crippen LogP contribution is 2.26. The number of hydrogen-bond donors (Lipinski definition) is 2. The zero-order chi connectivity index (χ0) is 17.1.